The minimum atomic E-state index is -3.72. The number of ether oxygens (including phenoxy) is 2. The molecule has 0 bridgehead atoms. The molecular weight excluding hydrogens is 504 g/mol. The highest BCUT2D eigenvalue weighted by atomic mass is 35.5. The molecule has 1 atom stereocenters. The lowest BCUT2D eigenvalue weighted by atomic mass is 10.2. The van der Waals surface area contributed by atoms with Gasteiger partial charge in [-0.05, 0) is 43.2 Å². The first-order chi connectivity index (χ1) is 17.4. The first kappa shape index (κ1) is 25.5. The normalized spacial score (nSPS) is 22.2. The summed E-state index contributed by atoms with van der Waals surface area (Å²) in [5, 5.41) is 9.30. The van der Waals surface area contributed by atoms with Crippen LogP contribution in [0.3, 0.4) is 0 Å². The van der Waals surface area contributed by atoms with E-state index in [0.717, 1.165) is 51.0 Å². The minimum Gasteiger partial charge on any atom is -0.495 e. The number of benzene rings is 1. The molecule has 1 aromatic heterocycles. The predicted octanol–water partition coefficient (Wildman–Crippen LogP) is 1.95. The maximum Gasteiger partial charge on any atom is 0.246 e. The molecule has 36 heavy (non-hydrogen) atoms. The van der Waals surface area contributed by atoms with Crippen LogP contribution in [0.2, 0.25) is 5.02 Å². The van der Waals surface area contributed by atoms with Crippen LogP contribution in [0, 0.1) is 0 Å². The number of hydrogen-bond donors (Lipinski definition) is 0. The predicted molar refractivity (Wildman–Crippen MR) is 139 cm³/mol. The number of sulfonamides is 1. The van der Waals surface area contributed by atoms with Crippen molar-refractivity contribution in [3.8, 4) is 5.75 Å². The summed E-state index contributed by atoms with van der Waals surface area (Å²) in [6.45, 7) is 7.49. The first-order valence-corrected chi connectivity index (χ1v) is 14.3. The van der Waals surface area contributed by atoms with Crippen LogP contribution in [0.4, 0.5) is 11.6 Å². The number of rotatable bonds is 7. The average Bonchev–Trinajstić information content (AvgIpc) is 3.42. The number of methoxy groups -OCH3 is 1. The fraction of sp³-hybridized carbons (Fsp3) is 0.583. The Morgan fingerprint density at radius 3 is 2.17 bits per heavy atom. The summed E-state index contributed by atoms with van der Waals surface area (Å²) >= 11 is 6.06. The highest BCUT2D eigenvalue weighted by Crippen LogP contribution is 2.30. The summed E-state index contributed by atoms with van der Waals surface area (Å²) in [6, 6.07) is 8.62. The van der Waals surface area contributed by atoms with Crippen molar-refractivity contribution in [1.29, 1.82) is 0 Å². The van der Waals surface area contributed by atoms with Gasteiger partial charge in [0.1, 0.15) is 10.6 Å². The van der Waals surface area contributed by atoms with E-state index in [1.807, 2.05) is 12.1 Å². The Balaban J connectivity index is 1.15. The highest BCUT2D eigenvalue weighted by molar-refractivity contribution is 7.89. The molecule has 5 rings (SSSR count). The molecule has 0 saturated carbocycles. The zero-order chi connectivity index (χ0) is 25.1. The summed E-state index contributed by atoms with van der Waals surface area (Å²) in [7, 11) is -2.27. The van der Waals surface area contributed by atoms with Crippen molar-refractivity contribution in [2.75, 3.05) is 82.4 Å². The smallest absolute Gasteiger partial charge is 0.246 e. The van der Waals surface area contributed by atoms with E-state index in [-0.39, 0.29) is 10.6 Å². The third-order valence-corrected chi connectivity index (χ3v) is 9.28. The van der Waals surface area contributed by atoms with Crippen molar-refractivity contribution in [3.05, 3.63) is 35.4 Å². The number of halogens is 1. The summed E-state index contributed by atoms with van der Waals surface area (Å²) < 4.78 is 39.0. The van der Waals surface area contributed by atoms with Gasteiger partial charge >= 0.3 is 0 Å². The Hall–Kier alpha value is -2.18. The molecule has 1 unspecified atom stereocenters. The second kappa shape index (κ2) is 11.1. The van der Waals surface area contributed by atoms with Crippen molar-refractivity contribution in [2.24, 2.45) is 0 Å². The van der Waals surface area contributed by atoms with Crippen LogP contribution in [-0.4, -0.2) is 107 Å². The largest absolute Gasteiger partial charge is 0.495 e. The Bertz CT molecular complexity index is 1130. The summed E-state index contributed by atoms with van der Waals surface area (Å²) in [4.78, 5) is 6.90. The van der Waals surface area contributed by atoms with E-state index in [1.165, 1.54) is 30.3 Å². The lowest BCUT2D eigenvalue weighted by Crippen LogP contribution is -2.49. The van der Waals surface area contributed by atoms with Gasteiger partial charge in [0.15, 0.2) is 11.6 Å². The van der Waals surface area contributed by atoms with Crippen LogP contribution < -0.4 is 14.5 Å². The van der Waals surface area contributed by atoms with E-state index in [4.69, 9.17) is 21.1 Å². The van der Waals surface area contributed by atoms with Gasteiger partial charge in [-0.3, -0.25) is 4.90 Å². The molecule has 3 aliphatic rings. The maximum atomic E-state index is 13.2. The van der Waals surface area contributed by atoms with Gasteiger partial charge in [0.2, 0.25) is 10.0 Å². The van der Waals surface area contributed by atoms with Crippen LogP contribution in [0.25, 0.3) is 0 Å². The Morgan fingerprint density at radius 2 is 1.61 bits per heavy atom. The quantitative estimate of drug-likeness (QED) is 0.526. The molecule has 3 fully saturated rings. The number of nitrogens with zero attached hydrogens (tertiary/aromatic N) is 6. The second-order valence-electron chi connectivity index (χ2n) is 9.36. The van der Waals surface area contributed by atoms with Crippen molar-refractivity contribution in [1.82, 2.24) is 19.4 Å². The van der Waals surface area contributed by atoms with Gasteiger partial charge in [-0.1, -0.05) is 11.6 Å². The lowest BCUT2D eigenvalue weighted by Gasteiger charge is -2.36. The van der Waals surface area contributed by atoms with Gasteiger partial charge in [-0.25, -0.2) is 8.42 Å². The van der Waals surface area contributed by atoms with Gasteiger partial charge in [0, 0.05) is 70.5 Å². The maximum absolute atomic E-state index is 13.2. The van der Waals surface area contributed by atoms with Crippen molar-refractivity contribution in [2.45, 2.75) is 23.8 Å². The molecule has 10 nitrogen and oxygen atoms in total. The van der Waals surface area contributed by atoms with Gasteiger partial charge in [-0.15, -0.1) is 10.2 Å². The highest BCUT2D eigenvalue weighted by Gasteiger charge is 2.32. The molecule has 3 saturated heterocycles. The van der Waals surface area contributed by atoms with E-state index >= 15 is 0 Å². The van der Waals surface area contributed by atoms with Crippen LogP contribution >= 0.6 is 11.6 Å². The fourth-order valence-electron chi connectivity index (χ4n) is 5.04. The Labute approximate surface area is 217 Å². The van der Waals surface area contributed by atoms with Gasteiger partial charge in [-0.2, -0.15) is 4.31 Å². The molecular formula is C24H33ClN6O4S. The fourth-order valence-corrected chi connectivity index (χ4v) is 6.88. The van der Waals surface area contributed by atoms with Crippen molar-refractivity contribution >= 4 is 33.3 Å². The number of anilines is 2. The molecule has 0 spiro atoms. The van der Waals surface area contributed by atoms with Crippen molar-refractivity contribution < 1.29 is 17.9 Å². The molecule has 0 aliphatic carbocycles. The average molecular weight is 537 g/mol. The molecule has 4 heterocycles. The van der Waals surface area contributed by atoms with E-state index in [0.29, 0.717) is 37.3 Å². The molecule has 3 aliphatic heterocycles. The lowest BCUT2D eigenvalue weighted by molar-refractivity contribution is 0.0712. The minimum absolute atomic E-state index is 0.0889. The number of aromatic nitrogens is 2. The second-order valence-corrected chi connectivity index (χ2v) is 11.7. The SMILES string of the molecule is COc1ccc(Cl)cc1S(=O)(=O)N1CCN(c2ccc(N3CCN(CC4CCCO4)CC3)nn2)CC1. The molecule has 0 radical (unpaired) electrons. The topological polar surface area (TPSA) is 91.3 Å². The number of piperazine rings is 2. The summed E-state index contributed by atoms with van der Waals surface area (Å²) in [6.07, 6.45) is 2.73. The molecule has 0 N–H and O–H groups in total. The zero-order valence-electron chi connectivity index (χ0n) is 20.6. The van der Waals surface area contributed by atoms with Crippen molar-refractivity contribution in [3.63, 3.8) is 0 Å². The first-order valence-electron chi connectivity index (χ1n) is 12.5. The molecule has 0 amide bonds. The Kier molecular flexibility index (Phi) is 7.82. The van der Waals surface area contributed by atoms with Gasteiger partial charge in [0.25, 0.3) is 0 Å². The van der Waals surface area contributed by atoms with E-state index in [1.54, 1.807) is 12.1 Å². The van der Waals surface area contributed by atoms with Gasteiger partial charge < -0.3 is 19.3 Å². The van der Waals surface area contributed by atoms with Gasteiger partial charge in [0.05, 0.1) is 13.2 Å². The summed E-state index contributed by atoms with van der Waals surface area (Å²) in [5.74, 6) is 1.92. The monoisotopic (exact) mass is 536 g/mol. The molecule has 196 valence electrons. The van der Waals surface area contributed by atoms with E-state index < -0.39 is 10.0 Å². The zero-order valence-corrected chi connectivity index (χ0v) is 22.1. The third-order valence-electron chi connectivity index (χ3n) is 7.12. The van der Waals surface area contributed by atoms with Crippen LogP contribution in [0.15, 0.2) is 35.2 Å². The van der Waals surface area contributed by atoms with E-state index in [2.05, 4.69) is 24.9 Å². The standard InChI is InChI=1S/C24H33ClN6O4S/c1-34-21-5-4-19(25)17-22(21)36(32,33)31-14-12-30(13-15-31)24-7-6-23(26-27-24)29-10-8-28(9-11-29)18-20-3-2-16-35-20/h4-7,17,20H,2-3,8-16,18H2,1H3. The van der Waals surface area contributed by atoms with Crippen LogP contribution in [-0.2, 0) is 14.8 Å². The molecule has 1 aromatic carbocycles. The summed E-state index contributed by atoms with van der Waals surface area (Å²) in [5.41, 5.74) is 0. The third kappa shape index (κ3) is 5.55. The molecule has 12 heteroatoms. The van der Waals surface area contributed by atoms with E-state index in [9.17, 15) is 8.42 Å². The van der Waals surface area contributed by atoms with Crippen LogP contribution in [0.1, 0.15) is 12.8 Å². The van der Waals surface area contributed by atoms with Crippen LogP contribution in [0.5, 0.6) is 5.75 Å². The molecule has 2 aromatic rings. The Morgan fingerprint density at radius 1 is 0.972 bits per heavy atom. The number of hydrogen-bond acceptors (Lipinski definition) is 9.